The van der Waals surface area contributed by atoms with Gasteiger partial charge < -0.3 is 11.1 Å². The number of rotatable bonds is 3. The van der Waals surface area contributed by atoms with Gasteiger partial charge in [-0.3, -0.25) is 4.79 Å². The van der Waals surface area contributed by atoms with Crippen LogP contribution < -0.4 is 11.1 Å². The monoisotopic (exact) mass is 382 g/mol. The molecule has 0 aliphatic heterocycles. The predicted molar refractivity (Wildman–Crippen MR) is 89.4 cm³/mol. The Labute approximate surface area is 130 Å². The Balaban J connectivity index is 2.20. The van der Waals surface area contributed by atoms with Crippen molar-refractivity contribution in [2.45, 2.75) is 0 Å². The first-order chi connectivity index (χ1) is 9.06. The molecule has 19 heavy (non-hydrogen) atoms. The minimum absolute atomic E-state index is 0.180. The smallest absolute Gasteiger partial charge is 0.255 e. The van der Waals surface area contributed by atoms with Crippen LogP contribution in [0.4, 0.5) is 5.69 Å². The molecule has 3 N–H and O–H groups in total. The van der Waals surface area contributed by atoms with Crippen molar-refractivity contribution in [1.82, 2.24) is 0 Å². The third kappa shape index (κ3) is 3.74. The molecule has 0 spiro atoms. The second-order valence-corrected chi connectivity index (χ2v) is 5.59. The highest BCUT2D eigenvalue weighted by Gasteiger charge is 2.07. The Morgan fingerprint density at radius 3 is 2.47 bits per heavy atom. The number of hydrogen-bond acceptors (Lipinski definition) is 2. The lowest BCUT2D eigenvalue weighted by Crippen LogP contribution is -2.14. The lowest BCUT2D eigenvalue weighted by Gasteiger charge is -2.07. The van der Waals surface area contributed by atoms with E-state index in [1.165, 1.54) is 0 Å². The Kier molecular flexibility index (Phi) is 4.49. The van der Waals surface area contributed by atoms with Crippen molar-refractivity contribution in [3.63, 3.8) is 0 Å². The molecule has 0 saturated heterocycles. The molecule has 0 bridgehead atoms. The summed E-state index contributed by atoms with van der Waals surface area (Å²) >= 11 is 7.10. The van der Waals surface area contributed by atoms with Crippen LogP contribution in [0.1, 0.15) is 15.9 Å². The zero-order valence-corrected chi connectivity index (χ0v) is 12.9. The SMILES string of the molecule is NC(=S)c1cccc(C(=O)Nc2cccc(I)c2)c1. The second-order valence-electron chi connectivity index (χ2n) is 3.91. The summed E-state index contributed by atoms with van der Waals surface area (Å²) < 4.78 is 1.06. The van der Waals surface area contributed by atoms with Crippen LogP contribution in [0.15, 0.2) is 48.5 Å². The molecular formula is C14H11IN2OS. The third-order valence-electron chi connectivity index (χ3n) is 2.49. The Hall–Kier alpha value is -1.47. The average molecular weight is 382 g/mol. The molecule has 0 saturated carbocycles. The van der Waals surface area contributed by atoms with Crippen molar-refractivity contribution < 1.29 is 4.79 Å². The van der Waals surface area contributed by atoms with E-state index in [9.17, 15) is 4.79 Å². The summed E-state index contributed by atoms with van der Waals surface area (Å²) in [6.45, 7) is 0. The van der Waals surface area contributed by atoms with Crippen LogP contribution in [0.2, 0.25) is 0 Å². The fourth-order valence-corrected chi connectivity index (χ4v) is 2.25. The van der Waals surface area contributed by atoms with E-state index in [1.807, 2.05) is 24.3 Å². The zero-order valence-electron chi connectivity index (χ0n) is 9.89. The molecule has 2 aromatic rings. The number of carbonyl (C=O) groups excluding carboxylic acids is 1. The van der Waals surface area contributed by atoms with Crippen molar-refractivity contribution in [2.24, 2.45) is 5.73 Å². The summed E-state index contributed by atoms with van der Waals surface area (Å²) in [5.74, 6) is -0.180. The molecule has 96 valence electrons. The van der Waals surface area contributed by atoms with E-state index >= 15 is 0 Å². The number of anilines is 1. The standard InChI is InChI=1S/C14H11IN2OS/c15-11-5-2-6-12(8-11)17-14(18)10-4-1-3-9(7-10)13(16)19/h1-8H,(H2,16,19)(H,17,18). The van der Waals surface area contributed by atoms with E-state index in [-0.39, 0.29) is 10.9 Å². The molecule has 0 aliphatic rings. The maximum Gasteiger partial charge on any atom is 0.255 e. The number of hydrogen-bond donors (Lipinski definition) is 2. The number of nitrogens with two attached hydrogens (primary N) is 1. The van der Waals surface area contributed by atoms with Gasteiger partial charge in [0, 0.05) is 20.4 Å². The van der Waals surface area contributed by atoms with Gasteiger partial charge in [0.25, 0.3) is 5.91 Å². The normalized spacial score (nSPS) is 9.95. The van der Waals surface area contributed by atoms with E-state index in [2.05, 4.69) is 27.9 Å². The number of benzene rings is 2. The minimum Gasteiger partial charge on any atom is -0.389 e. The largest absolute Gasteiger partial charge is 0.389 e. The number of halogens is 1. The van der Waals surface area contributed by atoms with Gasteiger partial charge in [-0.15, -0.1) is 0 Å². The molecule has 1 amide bonds. The number of nitrogens with one attached hydrogen (secondary N) is 1. The van der Waals surface area contributed by atoms with Crippen LogP contribution in [0.3, 0.4) is 0 Å². The van der Waals surface area contributed by atoms with Gasteiger partial charge in [0.1, 0.15) is 4.99 Å². The molecular weight excluding hydrogens is 371 g/mol. The number of amides is 1. The molecule has 0 radical (unpaired) electrons. The lowest BCUT2D eigenvalue weighted by molar-refractivity contribution is 0.102. The van der Waals surface area contributed by atoms with Crippen molar-refractivity contribution in [3.05, 3.63) is 63.2 Å². The minimum atomic E-state index is -0.180. The maximum atomic E-state index is 12.1. The zero-order chi connectivity index (χ0) is 13.8. The maximum absolute atomic E-state index is 12.1. The van der Waals surface area contributed by atoms with Gasteiger partial charge in [-0.1, -0.05) is 30.4 Å². The lowest BCUT2D eigenvalue weighted by atomic mass is 10.1. The van der Waals surface area contributed by atoms with Crippen molar-refractivity contribution in [3.8, 4) is 0 Å². The van der Waals surface area contributed by atoms with Crippen LogP contribution in [-0.4, -0.2) is 10.9 Å². The van der Waals surface area contributed by atoms with Gasteiger partial charge in [0.15, 0.2) is 0 Å². The van der Waals surface area contributed by atoms with Gasteiger partial charge >= 0.3 is 0 Å². The van der Waals surface area contributed by atoms with Gasteiger partial charge in [-0.25, -0.2) is 0 Å². The first-order valence-corrected chi connectivity index (χ1v) is 7.02. The molecule has 0 aromatic heterocycles. The van der Waals surface area contributed by atoms with Crippen LogP contribution in [-0.2, 0) is 0 Å². The summed E-state index contributed by atoms with van der Waals surface area (Å²) in [5.41, 5.74) is 7.53. The van der Waals surface area contributed by atoms with E-state index in [0.29, 0.717) is 11.1 Å². The van der Waals surface area contributed by atoms with E-state index in [4.69, 9.17) is 18.0 Å². The topological polar surface area (TPSA) is 55.1 Å². The first-order valence-electron chi connectivity index (χ1n) is 5.53. The summed E-state index contributed by atoms with van der Waals surface area (Å²) in [5, 5.41) is 2.84. The fourth-order valence-electron chi connectivity index (χ4n) is 1.58. The molecule has 3 nitrogen and oxygen atoms in total. The van der Waals surface area contributed by atoms with Crippen molar-refractivity contribution in [1.29, 1.82) is 0 Å². The highest BCUT2D eigenvalue weighted by molar-refractivity contribution is 14.1. The number of thiocarbonyl (C=S) groups is 1. The quantitative estimate of drug-likeness (QED) is 0.634. The molecule has 0 unspecified atom stereocenters. The van der Waals surface area contributed by atoms with Gasteiger partial charge in [-0.05, 0) is 52.9 Å². The van der Waals surface area contributed by atoms with Gasteiger partial charge in [0.05, 0.1) is 0 Å². The van der Waals surface area contributed by atoms with Crippen LogP contribution in [0.5, 0.6) is 0 Å². The molecule has 5 heteroatoms. The Morgan fingerprint density at radius 1 is 1.11 bits per heavy atom. The molecule has 2 rings (SSSR count). The van der Waals surface area contributed by atoms with E-state index in [1.54, 1.807) is 24.3 Å². The van der Waals surface area contributed by atoms with Crippen LogP contribution in [0.25, 0.3) is 0 Å². The highest BCUT2D eigenvalue weighted by atomic mass is 127. The van der Waals surface area contributed by atoms with E-state index < -0.39 is 0 Å². The summed E-state index contributed by atoms with van der Waals surface area (Å²) in [6.07, 6.45) is 0. The predicted octanol–water partition coefficient (Wildman–Crippen LogP) is 3.18. The third-order valence-corrected chi connectivity index (χ3v) is 3.40. The summed E-state index contributed by atoms with van der Waals surface area (Å²) in [4.78, 5) is 12.4. The molecule has 0 aliphatic carbocycles. The van der Waals surface area contributed by atoms with Crippen LogP contribution >= 0.6 is 34.8 Å². The summed E-state index contributed by atoms with van der Waals surface area (Å²) in [7, 11) is 0. The number of carbonyl (C=O) groups is 1. The van der Waals surface area contributed by atoms with Crippen LogP contribution in [0, 0.1) is 3.57 Å². The Bertz CT molecular complexity index is 643. The average Bonchev–Trinajstić information content (AvgIpc) is 2.39. The molecule has 0 fully saturated rings. The van der Waals surface area contributed by atoms with E-state index in [0.717, 1.165) is 9.26 Å². The van der Waals surface area contributed by atoms with Crippen molar-refractivity contribution in [2.75, 3.05) is 5.32 Å². The van der Waals surface area contributed by atoms with Crippen molar-refractivity contribution >= 4 is 51.4 Å². The summed E-state index contributed by atoms with van der Waals surface area (Å²) in [6, 6.07) is 14.6. The first kappa shape index (κ1) is 14.0. The molecule has 0 heterocycles. The fraction of sp³-hybridized carbons (Fsp3) is 0. The van der Waals surface area contributed by atoms with Gasteiger partial charge in [-0.2, -0.15) is 0 Å². The second kappa shape index (κ2) is 6.12. The Morgan fingerprint density at radius 2 is 1.79 bits per heavy atom. The molecule has 2 aromatic carbocycles. The highest BCUT2D eigenvalue weighted by Crippen LogP contribution is 2.14. The molecule has 0 atom stereocenters. The van der Waals surface area contributed by atoms with Gasteiger partial charge in [0.2, 0.25) is 0 Å².